The summed E-state index contributed by atoms with van der Waals surface area (Å²) in [7, 11) is 0. The maximum atomic E-state index is 12.4. The third-order valence-electron chi connectivity index (χ3n) is 6.29. The van der Waals surface area contributed by atoms with E-state index in [0.29, 0.717) is 19.2 Å². The highest BCUT2D eigenvalue weighted by atomic mass is 16.5. The molecule has 5 heteroatoms. The second-order valence-corrected chi connectivity index (χ2v) is 9.57. The number of hydrogen-bond donors (Lipinski definition) is 1. The molecule has 0 saturated carbocycles. The Labute approximate surface area is 167 Å². The third kappa shape index (κ3) is 8.08. The average molecular weight is 385 g/mol. The lowest BCUT2D eigenvalue weighted by Crippen LogP contribution is -2.45. The molecule has 0 bridgehead atoms. The molecule has 1 aliphatic heterocycles. The first kappa shape index (κ1) is 24.4. The van der Waals surface area contributed by atoms with Crippen molar-refractivity contribution in [3.63, 3.8) is 0 Å². The number of nitrogens with one attached hydrogen (secondary N) is 1. The molecule has 1 aliphatic rings. The molecule has 5 nitrogen and oxygen atoms in total. The fourth-order valence-corrected chi connectivity index (χ4v) is 3.21. The first-order chi connectivity index (χ1) is 12.4. The van der Waals surface area contributed by atoms with Gasteiger partial charge in [0, 0.05) is 38.9 Å². The number of carbonyl (C=O) groups is 1. The quantitative estimate of drug-likeness (QED) is 0.363. The van der Waals surface area contributed by atoms with Crippen LogP contribution in [0.5, 0.6) is 0 Å². The van der Waals surface area contributed by atoms with Crippen molar-refractivity contribution in [3.05, 3.63) is 0 Å². The van der Waals surface area contributed by atoms with Crippen molar-refractivity contribution in [2.24, 2.45) is 5.41 Å². The number of rotatable bonds is 14. The molecule has 1 fully saturated rings. The molecule has 1 amide bonds. The largest absolute Gasteiger partial charge is 0.375 e. The van der Waals surface area contributed by atoms with E-state index in [9.17, 15) is 4.79 Å². The van der Waals surface area contributed by atoms with Crippen molar-refractivity contribution in [2.45, 2.75) is 98.3 Å². The topological polar surface area (TPSA) is 50.6 Å². The van der Waals surface area contributed by atoms with Gasteiger partial charge in [-0.2, -0.15) is 0 Å². The first-order valence-corrected chi connectivity index (χ1v) is 10.7. The van der Waals surface area contributed by atoms with Gasteiger partial charge in [-0.15, -0.1) is 0 Å². The molecule has 1 heterocycles. The van der Waals surface area contributed by atoms with Crippen LogP contribution in [0.2, 0.25) is 0 Å². The molecule has 1 saturated heterocycles. The van der Waals surface area contributed by atoms with E-state index in [2.05, 4.69) is 44.8 Å². The Morgan fingerprint density at radius 2 is 1.70 bits per heavy atom. The Balaban J connectivity index is 2.23. The molecule has 0 spiro atoms. The molecule has 0 aromatic carbocycles. The molecule has 1 rings (SSSR count). The summed E-state index contributed by atoms with van der Waals surface area (Å²) in [5, 5.41) is 3.03. The zero-order chi connectivity index (χ0) is 20.7. The summed E-state index contributed by atoms with van der Waals surface area (Å²) >= 11 is 0. The van der Waals surface area contributed by atoms with Gasteiger partial charge in [-0.25, -0.2) is 0 Å². The van der Waals surface area contributed by atoms with E-state index >= 15 is 0 Å². The van der Waals surface area contributed by atoms with E-state index < -0.39 is 5.60 Å². The zero-order valence-electron chi connectivity index (χ0n) is 19.1. The molecule has 0 radical (unpaired) electrons. The molecule has 1 atom stereocenters. The lowest BCUT2D eigenvalue weighted by molar-refractivity contribution is -0.143. The van der Waals surface area contributed by atoms with Crippen LogP contribution < -0.4 is 5.32 Å². The minimum absolute atomic E-state index is 0.0155. The normalized spacial score (nSPS) is 17.0. The Bertz CT molecular complexity index is 456. The lowest BCUT2D eigenvalue weighted by atomic mass is 9.73. The van der Waals surface area contributed by atoms with Crippen LogP contribution in [0.15, 0.2) is 0 Å². The summed E-state index contributed by atoms with van der Waals surface area (Å²) in [5.74, 6) is -0.0155. The van der Waals surface area contributed by atoms with Gasteiger partial charge in [0.1, 0.15) is 5.60 Å². The van der Waals surface area contributed by atoms with Gasteiger partial charge in [0.15, 0.2) is 0 Å². The standard InChI is InChI=1S/C22H44N2O3/c1-9-26-22(7,8)20(3,4)13-10-11-17-27-21(5,6)19(25)23-14-12-18(2)24-15-16-24/h18H,9-17H2,1-8H3,(H,23,25). The minimum Gasteiger partial charge on any atom is -0.375 e. The van der Waals surface area contributed by atoms with Gasteiger partial charge in [0.05, 0.1) is 5.60 Å². The van der Waals surface area contributed by atoms with Crippen LogP contribution in [0, 0.1) is 5.41 Å². The molecule has 1 N–H and O–H groups in total. The summed E-state index contributed by atoms with van der Waals surface area (Å²) in [4.78, 5) is 14.8. The summed E-state index contributed by atoms with van der Waals surface area (Å²) in [6.07, 6.45) is 4.08. The van der Waals surface area contributed by atoms with Crippen LogP contribution in [0.4, 0.5) is 0 Å². The van der Waals surface area contributed by atoms with E-state index in [1.54, 1.807) is 0 Å². The minimum atomic E-state index is -0.775. The van der Waals surface area contributed by atoms with Crippen molar-refractivity contribution in [3.8, 4) is 0 Å². The summed E-state index contributed by atoms with van der Waals surface area (Å²) < 4.78 is 11.8. The number of nitrogens with zero attached hydrogens (tertiary/aromatic N) is 1. The van der Waals surface area contributed by atoms with Crippen LogP contribution in [-0.4, -0.2) is 60.9 Å². The smallest absolute Gasteiger partial charge is 0.251 e. The molecule has 27 heavy (non-hydrogen) atoms. The van der Waals surface area contributed by atoms with Gasteiger partial charge in [-0.1, -0.05) is 20.3 Å². The van der Waals surface area contributed by atoms with E-state index in [-0.39, 0.29) is 16.9 Å². The number of carbonyl (C=O) groups excluding carboxylic acids is 1. The van der Waals surface area contributed by atoms with Gasteiger partial charge in [0.25, 0.3) is 5.91 Å². The maximum Gasteiger partial charge on any atom is 0.251 e. The van der Waals surface area contributed by atoms with Gasteiger partial charge in [-0.05, 0) is 66.2 Å². The van der Waals surface area contributed by atoms with Crippen LogP contribution in [0.3, 0.4) is 0 Å². The molecular weight excluding hydrogens is 340 g/mol. The van der Waals surface area contributed by atoms with Crippen LogP contribution in [-0.2, 0) is 14.3 Å². The fourth-order valence-electron chi connectivity index (χ4n) is 3.21. The Kier molecular flexibility index (Phi) is 9.23. The van der Waals surface area contributed by atoms with Crippen molar-refractivity contribution < 1.29 is 14.3 Å². The second kappa shape index (κ2) is 10.2. The van der Waals surface area contributed by atoms with Crippen LogP contribution >= 0.6 is 0 Å². The van der Waals surface area contributed by atoms with Gasteiger partial charge >= 0.3 is 0 Å². The zero-order valence-corrected chi connectivity index (χ0v) is 19.1. The second-order valence-electron chi connectivity index (χ2n) is 9.57. The van der Waals surface area contributed by atoms with Crippen LogP contribution in [0.1, 0.15) is 81.1 Å². The van der Waals surface area contributed by atoms with Crippen molar-refractivity contribution in [1.29, 1.82) is 0 Å². The van der Waals surface area contributed by atoms with Crippen LogP contribution in [0.25, 0.3) is 0 Å². The SMILES string of the molecule is CCOC(C)(C)C(C)(C)CCCCOC(C)(C)C(=O)NCCC(C)N1CC1. The van der Waals surface area contributed by atoms with Crippen molar-refractivity contribution in [2.75, 3.05) is 32.8 Å². The van der Waals surface area contributed by atoms with Crippen molar-refractivity contribution in [1.82, 2.24) is 10.2 Å². The first-order valence-electron chi connectivity index (χ1n) is 10.7. The fraction of sp³-hybridized carbons (Fsp3) is 0.955. The molecular formula is C22H44N2O3. The molecule has 0 aromatic rings. The monoisotopic (exact) mass is 384 g/mol. The van der Waals surface area contributed by atoms with Gasteiger partial charge in [-0.3, -0.25) is 9.69 Å². The highest BCUT2D eigenvalue weighted by Gasteiger charge is 2.37. The number of hydrogen-bond acceptors (Lipinski definition) is 4. The predicted molar refractivity (Wildman–Crippen MR) is 112 cm³/mol. The number of unbranched alkanes of at least 4 members (excludes halogenated alkanes) is 1. The molecule has 160 valence electrons. The summed E-state index contributed by atoms with van der Waals surface area (Å²) in [6, 6.07) is 0.554. The van der Waals surface area contributed by atoms with E-state index in [0.717, 1.165) is 32.3 Å². The Morgan fingerprint density at radius 3 is 2.26 bits per heavy atom. The van der Waals surface area contributed by atoms with E-state index in [1.165, 1.54) is 13.1 Å². The molecule has 1 unspecified atom stereocenters. The number of ether oxygens (including phenoxy) is 2. The highest BCUT2D eigenvalue weighted by molar-refractivity contribution is 5.84. The number of amides is 1. The van der Waals surface area contributed by atoms with E-state index in [4.69, 9.17) is 9.47 Å². The summed E-state index contributed by atoms with van der Waals surface area (Å²) in [6.45, 7) is 21.3. The lowest BCUT2D eigenvalue weighted by Gasteiger charge is -2.41. The maximum absolute atomic E-state index is 12.4. The Morgan fingerprint density at radius 1 is 1.07 bits per heavy atom. The van der Waals surface area contributed by atoms with E-state index in [1.807, 2.05) is 20.8 Å². The summed E-state index contributed by atoms with van der Waals surface area (Å²) in [5.41, 5.74) is -0.816. The molecule has 0 aromatic heterocycles. The average Bonchev–Trinajstić information content (AvgIpc) is 3.38. The van der Waals surface area contributed by atoms with Gasteiger partial charge < -0.3 is 14.8 Å². The molecule has 0 aliphatic carbocycles. The highest BCUT2D eigenvalue weighted by Crippen LogP contribution is 2.38. The van der Waals surface area contributed by atoms with Crippen molar-refractivity contribution >= 4 is 5.91 Å². The third-order valence-corrected chi connectivity index (χ3v) is 6.29. The Hall–Kier alpha value is -0.650. The van der Waals surface area contributed by atoms with Gasteiger partial charge in [0.2, 0.25) is 0 Å². The predicted octanol–water partition coefficient (Wildman–Crippen LogP) is 4.00.